The van der Waals surface area contributed by atoms with Crippen LogP contribution in [0.25, 0.3) is 0 Å². The molecule has 1 N–H and O–H groups in total. The summed E-state index contributed by atoms with van der Waals surface area (Å²) < 4.78 is 42.1. The van der Waals surface area contributed by atoms with Crippen LogP contribution in [0.15, 0.2) is 0 Å². The highest BCUT2D eigenvalue weighted by Gasteiger charge is 2.48. The number of nitrogens with zero attached hydrogens (tertiary/aromatic N) is 1. The Labute approximate surface area is 96.1 Å². The van der Waals surface area contributed by atoms with Gasteiger partial charge in [0.05, 0.1) is 0 Å². The molecule has 0 fully saturated rings. The van der Waals surface area contributed by atoms with Gasteiger partial charge in [0.2, 0.25) is 0 Å². The molecule has 0 aromatic heterocycles. The second kappa shape index (κ2) is 4.80. The molecule has 0 heterocycles. The van der Waals surface area contributed by atoms with E-state index in [1.807, 2.05) is 0 Å². The lowest BCUT2D eigenvalue weighted by molar-refractivity contribution is -0.244. The largest absolute Gasteiger partial charge is 0.490 e. The normalized spacial score (nSPS) is 14.1. The van der Waals surface area contributed by atoms with Gasteiger partial charge in [-0.25, -0.2) is 14.5 Å². The third-order valence-corrected chi connectivity index (χ3v) is 1.61. The molecular formula is C9H14F3NO4. The summed E-state index contributed by atoms with van der Waals surface area (Å²) in [6.07, 6.45) is -6.85. The van der Waals surface area contributed by atoms with E-state index in [-0.39, 0.29) is 0 Å². The van der Waals surface area contributed by atoms with Crippen LogP contribution in [-0.4, -0.2) is 40.0 Å². The molecule has 100 valence electrons. The van der Waals surface area contributed by atoms with Crippen molar-refractivity contribution >= 4 is 12.1 Å². The maximum atomic E-state index is 12.5. The van der Waals surface area contributed by atoms with Crippen molar-refractivity contribution in [3.05, 3.63) is 0 Å². The van der Waals surface area contributed by atoms with Crippen LogP contribution < -0.4 is 0 Å². The molecule has 5 nitrogen and oxygen atoms in total. The molecule has 0 saturated heterocycles. The lowest BCUT2D eigenvalue weighted by atomic mass is 10.2. The molecule has 0 aromatic rings. The first-order valence-corrected chi connectivity index (χ1v) is 4.68. The quantitative estimate of drug-likeness (QED) is 0.770. The molecule has 0 aliphatic heterocycles. The van der Waals surface area contributed by atoms with Gasteiger partial charge in [-0.2, -0.15) is 0 Å². The minimum atomic E-state index is -5.11. The number of halogens is 3. The van der Waals surface area contributed by atoms with Gasteiger partial charge in [-0.15, -0.1) is 13.2 Å². The number of carbonyl (C=O) groups is 2. The Hall–Kier alpha value is -1.47. The van der Waals surface area contributed by atoms with E-state index in [9.17, 15) is 22.8 Å². The van der Waals surface area contributed by atoms with Gasteiger partial charge in [0, 0.05) is 0 Å². The Balaban J connectivity index is 5.09. The molecule has 0 rings (SSSR count). The number of hydrogen-bond acceptors (Lipinski definition) is 3. The van der Waals surface area contributed by atoms with Crippen LogP contribution in [-0.2, 0) is 9.53 Å². The minimum absolute atomic E-state index is 0.750. The van der Waals surface area contributed by atoms with Crippen LogP contribution in [0.2, 0.25) is 0 Å². The van der Waals surface area contributed by atoms with Gasteiger partial charge >= 0.3 is 18.4 Å². The molecule has 0 saturated carbocycles. The zero-order chi connectivity index (χ0) is 14.0. The molecule has 0 spiro atoms. The first-order valence-electron chi connectivity index (χ1n) is 4.68. The number of ether oxygens (including phenoxy) is 1. The Morgan fingerprint density at radius 1 is 1.24 bits per heavy atom. The van der Waals surface area contributed by atoms with Crippen molar-refractivity contribution in [2.24, 2.45) is 0 Å². The summed E-state index contributed by atoms with van der Waals surface area (Å²) in [4.78, 5) is 21.0. The van der Waals surface area contributed by atoms with Crippen molar-refractivity contribution in [1.82, 2.24) is 4.90 Å². The van der Waals surface area contributed by atoms with Crippen LogP contribution >= 0.6 is 0 Å². The van der Waals surface area contributed by atoms with Crippen LogP contribution in [0, 0.1) is 0 Å². The summed E-state index contributed by atoms with van der Waals surface area (Å²) >= 11 is 0. The molecule has 0 aliphatic rings. The van der Waals surface area contributed by atoms with Crippen molar-refractivity contribution in [3.63, 3.8) is 0 Å². The summed E-state index contributed by atoms with van der Waals surface area (Å²) in [5.41, 5.74) is -1.14. The van der Waals surface area contributed by atoms with Gasteiger partial charge in [0.15, 0.2) is 0 Å². The standard InChI is InChI=1S/C9H14F3NO4/c1-5(6(14)15)13(9(10,11)12)7(16)17-8(2,3)4/h5H,1-4H3,(H,14,15)/t5-/m0/s1. The predicted molar refractivity (Wildman–Crippen MR) is 51.2 cm³/mol. The molecule has 0 unspecified atom stereocenters. The van der Waals surface area contributed by atoms with Gasteiger partial charge in [-0.1, -0.05) is 0 Å². The topological polar surface area (TPSA) is 66.8 Å². The number of carbonyl (C=O) groups excluding carboxylic acids is 1. The van der Waals surface area contributed by atoms with Crippen LogP contribution in [0.4, 0.5) is 18.0 Å². The Kier molecular flexibility index (Phi) is 4.39. The summed E-state index contributed by atoms with van der Waals surface area (Å²) in [6.45, 7) is 4.89. The number of hydrogen-bond donors (Lipinski definition) is 1. The van der Waals surface area contributed by atoms with Crippen LogP contribution in [0.5, 0.6) is 0 Å². The van der Waals surface area contributed by atoms with E-state index in [0.29, 0.717) is 0 Å². The fourth-order valence-corrected chi connectivity index (χ4v) is 0.903. The predicted octanol–water partition coefficient (Wildman–Crippen LogP) is 2.22. The number of alkyl halides is 3. The van der Waals surface area contributed by atoms with Crippen molar-refractivity contribution in [3.8, 4) is 0 Å². The van der Waals surface area contributed by atoms with Gasteiger partial charge in [0.1, 0.15) is 11.6 Å². The van der Waals surface area contributed by atoms with Crippen molar-refractivity contribution in [2.45, 2.75) is 45.6 Å². The summed E-state index contributed by atoms with van der Waals surface area (Å²) in [7, 11) is 0. The van der Waals surface area contributed by atoms with Crippen LogP contribution in [0.3, 0.4) is 0 Å². The fourth-order valence-electron chi connectivity index (χ4n) is 0.903. The SMILES string of the molecule is C[C@@H](C(=O)O)N(C(=O)OC(C)(C)C)C(F)(F)F. The lowest BCUT2D eigenvalue weighted by Gasteiger charge is -2.30. The molecular weight excluding hydrogens is 243 g/mol. The molecule has 0 aliphatic carbocycles. The molecule has 1 amide bonds. The Morgan fingerprint density at radius 2 is 1.65 bits per heavy atom. The second-order valence-corrected chi connectivity index (χ2v) is 4.33. The molecule has 17 heavy (non-hydrogen) atoms. The zero-order valence-electron chi connectivity index (χ0n) is 9.83. The average Bonchev–Trinajstić information content (AvgIpc) is 1.96. The van der Waals surface area contributed by atoms with E-state index in [1.165, 1.54) is 20.8 Å². The van der Waals surface area contributed by atoms with E-state index in [4.69, 9.17) is 5.11 Å². The number of amides is 1. The van der Waals surface area contributed by atoms with Crippen LogP contribution in [0.1, 0.15) is 27.7 Å². The van der Waals surface area contributed by atoms with Gasteiger partial charge < -0.3 is 9.84 Å². The highest BCUT2D eigenvalue weighted by atomic mass is 19.4. The molecule has 1 atom stereocenters. The van der Waals surface area contributed by atoms with Gasteiger partial charge in [-0.3, -0.25) is 0 Å². The fraction of sp³-hybridized carbons (Fsp3) is 0.778. The Morgan fingerprint density at radius 3 is 1.88 bits per heavy atom. The lowest BCUT2D eigenvalue weighted by Crippen LogP contribution is -2.53. The van der Waals surface area contributed by atoms with E-state index >= 15 is 0 Å². The number of carboxylic acid groups (broad SMARTS) is 1. The molecule has 0 aromatic carbocycles. The maximum absolute atomic E-state index is 12.5. The number of aliphatic carboxylic acids is 1. The highest BCUT2D eigenvalue weighted by Crippen LogP contribution is 2.26. The average molecular weight is 257 g/mol. The summed E-state index contributed by atoms with van der Waals surface area (Å²) in [6, 6.07) is -2.05. The molecule has 0 radical (unpaired) electrons. The monoisotopic (exact) mass is 257 g/mol. The van der Waals surface area contributed by atoms with E-state index in [2.05, 4.69) is 4.74 Å². The van der Waals surface area contributed by atoms with E-state index in [0.717, 1.165) is 6.92 Å². The van der Waals surface area contributed by atoms with Crippen molar-refractivity contribution in [1.29, 1.82) is 0 Å². The van der Waals surface area contributed by atoms with Crippen molar-refractivity contribution in [2.75, 3.05) is 0 Å². The molecule has 8 heteroatoms. The van der Waals surface area contributed by atoms with Crippen molar-refractivity contribution < 1.29 is 32.6 Å². The number of rotatable bonds is 2. The van der Waals surface area contributed by atoms with Gasteiger partial charge in [0.25, 0.3) is 0 Å². The first kappa shape index (κ1) is 15.5. The number of carboxylic acids is 1. The smallest absolute Gasteiger partial charge is 0.480 e. The van der Waals surface area contributed by atoms with E-state index < -0.39 is 34.9 Å². The third-order valence-electron chi connectivity index (χ3n) is 1.61. The second-order valence-electron chi connectivity index (χ2n) is 4.33. The third kappa shape index (κ3) is 4.92. The summed E-state index contributed by atoms with van der Waals surface area (Å²) in [5.74, 6) is -1.77. The summed E-state index contributed by atoms with van der Waals surface area (Å²) in [5, 5.41) is 8.51. The molecule has 0 bridgehead atoms. The Bertz CT molecular complexity index is 308. The minimum Gasteiger partial charge on any atom is -0.480 e. The van der Waals surface area contributed by atoms with E-state index in [1.54, 1.807) is 0 Å². The zero-order valence-corrected chi connectivity index (χ0v) is 9.83. The first-order chi connectivity index (χ1) is 7.36. The van der Waals surface area contributed by atoms with Gasteiger partial charge in [-0.05, 0) is 27.7 Å². The maximum Gasteiger partial charge on any atom is 0.490 e. The highest BCUT2D eigenvalue weighted by molar-refractivity contribution is 5.80.